The van der Waals surface area contributed by atoms with Crippen LogP contribution in [0.2, 0.25) is 0 Å². The summed E-state index contributed by atoms with van der Waals surface area (Å²) in [6.45, 7) is 4.77. The number of aliphatic hydroxyl groups is 1. The van der Waals surface area contributed by atoms with E-state index < -0.39 is 0 Å². The summed E-state index contributed by atoms with van der Waals surface area (Å²) in [5, 5.41) is 16.2. The molecule has 3 N–H and O–H groups in total. The van der Waals surface area contributed by atoms with E-state index in [0.29, 0.717) is 12.6 Å². The van der Waals surface area contributed by atoms with Crippen LogP contribution < -0.4 is 10.6 Å². The third kappa shape index (κ3) is 3.09. The standard InChI is InChI=1S/C9H20N2O/c1-2-10-7-9(12)8-5-3-4-6-11-8/h8-12H,2-7H2,1H3. The Labute approximate surface area is 74.5 Å². The molecule has 1 aliphatic rings. The molecule has 3 nitrogen and oxygen atoms in total. The van der Waals surface area contributed by atoms with Crippen LogP contribution in [0.15, 0.2) is 0 Å². The number of hydrogen-bond acceptors (Lipinski definition) is 3. The third-order valence-electron chi connectivity index (χ3n) is 2.42. The van der Waals surface area contributed by atoms with Crippen molar-refractivity contribution in [2.24, 2.45) is 0 Å². The van der Waals surface area contributed by atoms with Gasteiger partial charge < -0.3 is 15.7 Å². The van der Waals surface area contributed by atoms with Gasteiger partial charge in [-0.15, -0.1) is 0 Å². The molecule has 1 aliphatic heterocycles. The first-order valence-corrected chi connectivity index (χ1v) is 4.96. The van der Waals surface area contributed by atoms with Crippen LogP contribution in [-0.2, 0) is 0 Å². The molecule has 1 fully saturated rings. The molecular weight excluding hydrogens is 152 g/mol. The van der Waals surface area contributed by atoms with Crippen LogP contribution in [0.3, 0.4) is 0 Å². The monoisotopic (exact) mass is 172 g/mol. The lowest BCUT2D eigenvalue weighted by Gasteiger charge is -2.28. The second-order valence-corrected chi connectivity index (χ2v) is 3.43. The van der Waals surface area contributed by atoms with Gasteiger partial charge in [0.05, 0.1) is 6.10 Å². The van der Waals surface area contributed by atoms with Crippen LogP contribution in [0.25, 0.3) is 0 Å². The smallest absolute Gasteiger partial charge is 0.0817 e. The zero-order valence-electron chi connectivity index (χ0n) is 7.84. The first kappa shape index (κ1) is 9.96. The van der Waals surface area contributed by atoms with Crippen molar-refractivity contribution in [1.29, 1.82) is 0 Å². The fraction of sp³-hybridized carbons (Fsp3) is 1.00. The average molecular weight is 172 g/mol. The van der Waals surface area contributed by atoms with Gasteiger partial charge in [-0.25, -0.2) is 0 Å². The Morgan fingerprint density at radius 1 is 1.58 bits per heavy atom. The van der Waals surface area contributed by atoms with Crippen molar-refractivity contribution in [3.8, 4) is 0 Å². The highest BCUT2D eigenvalue weighted by molar-refractivity contribution is 4.80. The number of piperidine rings is 1. The minimum absolute atomic E-state index is 0.217. The molecular formula is C9H20N2O. The van der Waals surface area contributed by atoms with Gasteiger partial charge in [-0.1, -0.05) is 13.3 Å². The van der Waals surface area contributed by atoms with Crippen molar-refractivity contribution < 1.29 is 5.11 Å². The van der Waals surface area contributed by atoms with E-state index in [1.165, 1.54) is 12.8 Å². The van der Waals surface area contributed by atoms with Gasteiger partial charge in [-0.2, -0.15) is 0 Å². The number of hydrogen-bond donors (Lipinski definition) is 3. The Balaban J connectivity index is 2.15. The summed E-state index contributed by atoms with van der Waals surface area (Å²) < 4.78 is 0. The lowest BCUT2D eigenvalue weighted by molar-refractivity contribution is 0.112. The van der Waals surface area contributed by atoms with Gasteiger partial charge in [-0.3, -0.25) is 0 Å². The second-order valence-electron chi connectivity index (χ2n) is 3.43. The molecule has 1 heterocycles. The Bertz CT molecular complexity index is 113. The van der Waals surface area contributed by atoms with Gasteiger partial charge in [0.1, 0.15) is 0 Å². The van der Waals surface area contributed by atoms with Gasteiger partial charge in [0.25, 0.3) is 0 Å². The van der Waals surface area contributed by atoms with Crippen LogP contribution in [0.5, 0.6) is 0 Å². The predicted octanol–water partition coefficient (Wildman–Crippen LogP) is 0.0989. The highest BCUT2D eigenvalue weighted by Crippen LogP contribution is 2.09. The van der Waals surface area contributed by atoms with Crippen molar-refractivity contribution in [2.75, 3.05) is 19.6 Å². The molecule has 0 aromatic heterocycles. The van der Waals surface area contributed by atoms with Crippen molar-refractivity contribution in [3.05, 3.63) is 0 Å². The van der Waals surface area contributed by atoms with E-state index in [1.54, 1.807) is 0 Å². The first-order chi connectivity index (χ1) is 5.84. The molecule has 12 heavy (non-hydrogen) atoms. The van der Waals surface area contributed by atoms with Crippen molar-refractivity contribution in [1.82, 2.24) is 10.6 Å². The van der Waals surface area contributed by atoms with Gasteiger partial charge in [0.15, 0.2) is 0 Å². The maximum Gasteiger partial charge on any atom is 0.0817 e. The third-order valence-corrected chi connectivity index (χ3v) is 2.42. The molecule has 1 saturated heterocycles. The summed E-state index contributed by atoms with van der Waals surface area (Å²) >= 11 is 0. The number of likely N-dealkylation sites (N-methyl/N-ethyl adjacent to an activating group) is 1. The SMILES string of the molecule is CCNCC(O)C1CCCCN1. The summed E-state index contributed by atoms with van der Waals surface area (Å²) in [4.78, 5) is 0. The Hall–Kier alpha value is -0.120. The summed E-state index contributed by atoms with van der Waals surface area (Å²) in [6, 6.07) is 0.317. The van der Waals surface area contributed by atoms with Gasteiger partial charge >= 0.3 is 0 Å². The second kappa shape index (κ2) is 5.51. The van der Waals surface area contributed by atoms with E-state index in [9.17, 15) is 5.11 Å². The lowest BCUT2D eigenvalue weighted by Crippen LogP contribution is -2.47. The molecule has 72 valence electrons. The van der Waals surface area contributed by atoms with E-state index in [2.05, 4.69) is 17.6 Å². The molecule has 0 amide bonds. The first-order valence-electron chi connectivity index (χ1n) is 4.96. The summed E-state index contributed by atoms with van der Waals surface area (Å²) in [5.41, 5.74) is 0. The van der Waals surface area contributed by atoms with Gasteiger partial charge in [-0.05, 0) is 25.9 Å². The van der Waals surface area contributed by atoms with E-state index >= 15 is 0 Å². The van der Waals surface area contributed by atoms with Crippen molar-refractivity contribution >= 4 is 0 Å². The van der Waals surface area contributed by atoms with Crippen LogP contribution in [-0.4, -0.2) is 36.9 Å². The van der Waals surface area contributed by atoms with E-state index in [1.807, 2.05) is 0 Å². The van der Waals surface area contributed by atoms with Crippen LogP contribution in [0.4, 0.5) is 0 Å². The highest BCUT2D eigenvalue weighted by Gasteiger charge is 2.19. The lowest BCUT2D eigenvalue weighted by atomic mass is 10.00. The van der Waals surface area contributed by atoms with Crippen molar-refractivity contribution in [2.45, 2.75) is 38.3 Å². The Morgan fingerprint density at radius 3 is 3.00 bits per heavy atom. The summed E-state index contributed by atoms with van der Waals surface area (Å²) in [7, 11) is 0. The molecule has 1 rings (SSSR count). The summed E-state index contributed by atoms with van der Waals surface area (Å²) in [6.07, 6.45) is 3.41. The Kier molecular flexibility index (Phi) is 4.58. The minimum atomic E-state index is -0.217. The molecule has 0 aromatic rings. The van der Waals surface area contributed by atoms with E-state index in [0.717, 1.165) is 19.5 Å². The van der Waals surface area contributed by atoms with Crippen LogP contribution >= 0.6 is 0 Å². The molecule has 0 saturated carbocycles. The normalized spacial score (nSPS) is 27.0. The van der Waals surface area contributed by atoms with E-state index in [-0.39, 0.29) is 6.10 Å². The van der Waals surface area contributed by atoms with Crippen LogP contribution in [0.1, 0.15) is 26.2 Å². The molecule has 0 aliphatic carbocycles. The minimum Gasteiger partial charge on any atom is -0.390 e. The topological polar surface area (TPSA) is 44.3 Å². The summed E-state index contributed by atoms with van der Waals surface area (Å²) in [5.74, 6) is 0. The van der Waals surface area contributed by atoms with Crippen LogP contribution in [0, 0.1) is 0 Å². The molecule has 0 radical (unpaired) electrons. The largest absolute Gasteiger partial charge is 0.390 e. The van der Waals surface area contributed by atoms with Crippen molar-refractivity contribution in [3.63, 3.8) is 0 Å². The molecule has 0 aromatic carbocycles. The predicted molar refractivity (Wildman–Crippen MR) is 50.2 cm³/mol. The molecule has 0 bridgehead atoms. The maximum absolute atomic E-state index is 9.68. The fourth-order valence-electron chi connectivity index (χ4n) is 1.64. The number of nitrogens with one attached hydrogen (secondary N) is 2. The molecule has 3 heteroatoms. The fourth-order valence-corrected chi connectivity index (χ4v) is 1.64. The zero-order chi connectivity index (χ0) is 8.81. The zero-order valence-corrected chi connectivity index (χ0v) is 7.84. The van der Waals surface area contributed by atoms with Gasteiger partial charge in [0, 0.05) is 12.6 Å². The number of rotatable bonds is 4. The maximum atomic E-state index is 9.68. The van der Waals surface area contributed by atoms with Gasteiger partial charge in [0.2, 0.25) is 0 Å². The highest BCUT2D eigenvalue weighted by atomic mass is 16.3. The Morgan fingerprint density at radius 2 is 2.42 bits per heavy atom. The molecule has 0 spiro atoms. The molecule has 2 unspecified atom stereocenters. The van der Waals surface area contributed by atoms with E-state index in [4.69, 9.17) is 0 Å². The average Bonchev–Trinajstić information content (AvgIpc) is 2.15. The number of aliphatic hydroxyl groups excluding tert-OH is 1. The quantitative estimate of drug-likeness (QED) is 0.563. The molecule has 2 atom stereocenters.